The van der Waals surface area contributed by atoms with Gasteiger partial charge in [0, 0.05) is 58.9 Å². The molecule has 46 heteroatoms. The van der Waals surface area contributed by atoms with Crippen LogP contribution in [0.3, 0.4) is 0 Å². The van der Waals surface area contributed by atoms with Gasteiger partial charge in [-0.1, -0.05) is 101 Å². The largest absolute Gasteiger partial charge is 0.481 e. The summed E-state index contributed by atoms with van der Waals surface area (Å²) in [5.74, 6) is -30.9. The summed E-state index contributed by atoms with van der Waals surface area (Å²) >= 11 is 1.48. The SMILES string of the molecule is CCCCCCCCCC(=O)NC(Cc1c[nH]c2ccccc12)C(=O)NC(CC(N)=O)C(=O)NC(CC(=O)O)C(=O)NC1C(=O)NCC(=O)NC(CCCNC(=O)C(N)CCc2csc3ccccc23)C(=O)NC(CC(=O)O)C(=O)NC(C)C(=O)NC(CC(=O)O)C(=O)NCC(=O)NC(CO)C(=O)NC(C(C)CC(=O)O)C(=O)NC(CC(=O)c2ccccc2N)C(=O)OC1C. The molecule has 1 fully saturated rings. The van der Waals surface area contributed by atoms with Gasteiger partial charge >= 0.3 is 29.8 Å². The van der Waals surface area contributed by atoms with Crippen LogP contribution in [0.25, 0.3) is 21.0 Å². The van der Waals surface area contributed by atoms with E-state index in [1.807, 2.05) is 45.6 Å². The number of ketones is 1. The number of primary amides is 1. The van der Waals surface area contributed by atoms with Crippen molar-refractivity contribution in [3.8, 4) is 0 Å². The smallest absolute Gasteiger partial charge is 0.329 e. The number of rotatable bonds is 40. The maximum absolute atomic E-state index is 15.0. The molecule has 6 rings (SSSR count). The molecule has 1 aliphatic rings. The molecule has 0 bridgehead atoms. The lowest BCUT2D eigenvalue weighted by molar-refractivity contribution is -0.156. The van der Waals surface area contributed by atoms with Crippen LogP contribution >= 0.6 is 11.3 Å². The van der Waals surface area contributed by atoms with E-state index in [9.17, 15) is 117 Å². The van der Waals surface area contributed by atoms with E-state index < -0.39 is 273 Å². The Morgan fingerprint density at radius 1 is 0.546 bits per heavy atom. The number of aromatic amines is 1. The predicted octanol–water partition coefficient (Wildman–Crippen LogP) is -3.29. The number of cyclic esters (lactones) is 1. The molecule has 14 atom stereocenters. The van der Waals surface area contributed by atoms with Crippen molar-refractivity contribution < 1.29 is 131 Å². The highest BCUT2D eigenvalue weighted by Gasteiger charge is 2.41. The van der Waals surface area contributed by atoms with Gasteiger partial charge in [0.25, 0.3) is 0 Å². The number of esters is 1. The van der Waals surface area contributed by atoms with Crippen LogP contribution in [-0.2, 0) is 113 Å². The summed E-state index contributed by atoms with van der Waals surface area (Å²) in [6.45, 7) is 0.865. The highest BCUT2D eigenvalue weighted by Crippen LogP contribution is 2.28. The number of nitrogens with two attached hydrogens (primary N) is 3. The molecule has 0 spiro atoms. The number of aryl methyl sites for hydroxylation is 1. The molecule has 1 saturated heterocycles. The average Bonchev–Trinajstić information content (AvgIpc) is 1.52. The fourth-order valence-electron chi connectivity index (χ4n) is 13.7. The number of ether oxygens (including phenoxy) is 1. The lowest BCUT2D eigenvalue weighted by atomic mass is 9.96. The maximum Gasteiger partial charge on any atom is 0.329 e. The second kappa shape index (κ2) is 52.3. The first kappa shape index (κ1) is 105. The molecular formula is C84H112N18O27S. The average molecular weight is 1840 g/mol. The zero-order valence-corrected chi connectivity index (χ0v) is 72.6. The highest BCUT2D eigenvalue weighted by atomic mass is 32.1. The summed E-state index contributed by atoms with van der Waals surface area (Å²) in [6, 6.07) is -4.67. The van der Waals surface area contributed by atoms with Crippen molar-refractivity contribution in [2.24, 2.45) is 17.4 Å². The van der Waals surface area contributed by atoms with Gasteiger partial charge in [-0.2, -0.15) is 0 Å². The number of amides is 15. The van der Waals surface area contributed by atoms with E-state index in [2.05, 4.69) is 70.4 Å². The lowest BCUT2D eigenvalue weighted by Gasteiger charge is -2.30. The number of nitrogen functional groups attached to an aromatic ring is 1. The van der Waals surface area contributed by atoms with E-state index in [0.717, 1.165) is 68.5 Å². The zero-order valence-electron chi connectivity index (χ0n) is 71.8. The molecule has 0 radical (unpaired) electrons. The van der Waals surface area contributed by atoms with Crippen LogP contribution in [0.2, 0.25) is 0 Å². The number of hydrogen-bond donors (Lipinski definition) is 23. The molecule has 706 valence electrons. The number of unbranched alkanes of at least 4 members (excludes halogenated alkanes) is 6. The van der Waals surface area contributed by atoms with E-state index in [1.165, 1.54) is 35.6 Å². The van der Waals surface area contributed by atoms with Crippen molar-refractivity contribution in [3.05, 3.63) is 101 Å². The first-order chi connectivity index (χ1) is 61.7. The number of Topliss-reactive ketones (excluding diaryl/α,β-unsaturated/α-hetero) is 1. The number of thiophene rings is 1. The number of benzene rings is 3. The molecule has 45 nitrogen and oxygen atoms in total. The fraction of sp³-hybridized carbons (Fsp3) is 0.488. The number of aromatic nitrogens is 1. The van der Waals surface area contributed by atoms with Crippen LogP contribution in [0.15, 0.2) is 84.4 Å². The number of para-hydroxylation sites is 2. The number of aliphatic hydroxyl groups excluding tert-OH is 1. The monoisotopic (exact) mass is 1840 g/mol. The van der Waals surface area contributed by atoms with Crippen LogP contribution in [0.1, 0.15) is 158 Å². The number of nitrogens with one attached hydrogen (secondary N) is 15. The van der Waals surface area contributed by atoms with E-state index in [4.69, 9.17) is 21.9 Å². The van der Waals surface area contributed by atoms with Crippen LogP contribution in [0.4, 0.5) is 5.69 Å². The van der Waals surface area contributed by atoms with Crippen molar-refractivity contribution in [3.63, 3.8) is 0 Å². The topological polar surface area (TPSA) is 731 Å². The Morgan fingerprint density at radius 2 is 1.11 bits per heavy atom. The standard InChI is InChI=1S/C84H112N18O27S/c1-5-6-7-8-9-10-11-26-64(106)94-54(31-46-37-89-52-23-16-13-19-47(46)52)78(122)97-55(33-63(87)105)79(123)99-58(36-70(115)116)80(124)102-72-44(4)129-84(128)59(32-61(104)49-21-12-15-22-50(49)85)100-83(127)71(42(2)30-67(109)110)101-81(125)60(40-103)95-66(108)38-90-75(119)56(34-68(111)112)96-73(117)43(3)92-77(121)57(35-69(113)114)98-76(120)53(93-65(107)39-91-82(72)126)24-18-29-88-74(118)51(86)28-27-45-41-130-62-25-17-14-20-48(45)62/h12-17,19-23,25,37,41-44,51,53-60,71-72,89,103H,5-11,18,24,26-36,38-40,85-86H2,1-4H3,(H2,87,105)(H,88,118)(H,90,119)(H,91,126)(H,92,121)(H,93,107)(H,94,106)(H,95,108)(H,96,117)(H,97,122)(H,98,120)(H,99,123)(H,100,127)(H,101,125)(H,102,124)(H,109,110)(H,111,112)(H,113,114)(H,115,116). The Balaban J connectivity index is 1.42. The Labute approximate surface area is 748 Å². The van der Waals surface area contributed by atoms with Gasteiger partial charge in [0.2, 0.25) is 88.6 Å². The number of aliphatic hydroxyl groups is 1. The Bertz CT molecular complexity index is 4940. The number of aliphatic carboxylic acids is 4. The summed E-state index contributed by atoms with van der Waals surface area (Å²) in [5.41, 5.74) is 19.6. The number of anilines is 1. The third-order valence-corrected chi connectivity index (χ3v) is 21.8. The summed E-state index contributed by atoms with van der Waals surface area (Å²) in [5, 5.41) is 85.0. The van der Waals surface area contributed by atoms with Gasteiger partial charge in [-0.25, -0.2) is 4.79 Å². The van der Waals surface area contributed by atoms with Gasteiger partial charge in [0.15, 0.2) is 5.78 Å². The fourth-order valence-corrected chi connectivity index (χ4v) is 14.7. The van der Waals surface area contributed by atoms with Crippen LogP contribution in [0.5, 0.6) is 0 Å². The molecule has 1 aliphatic heterocycles. The van der Waals surface area contributed by atoms with E-state index in [0.29, 0.717) is 35.7 Å². The Hall–Kier alpha value is -14.0. The number of carboxylic acids is 4. The van der Waals surface area contributed by atoms with E-state index in [1.54, 1.807) is 30.5 Å². The third kappa shape index (κ3) is 34.3. The minimum atomic E-state index is -2.50. The minimum Gasteiger partial charge on any atom is -0.481 e. The Morgan fingerprint density at radius 3 is 1.75 bits per heavy atom. The second-order valence-electron chi connectivity index (χ2n) is 31.2. The second-order valence-corrected chi connectivity index (χ2v) is 32.1. The number of hydrogen-bond acceptors (Lipinski definition) is 26. The molecule has 26 N–H and O–H groups in total. The van der Waals surface area contributed by atoms with E-state index in [-0.39, 0.29) is 43.5 Å². The minimum absolute atomic E-state index is 0.0319. The lowest BCUT2D eigenvalue weighted by Crippen LogP contribution is -2.62. The van der Waals surface area contributed by atoms with Crippen LogP contribution in [-0.4, -0.2) is 260 Å². The van der Waals surface area contributed by atoms with Crippen molar-refractivity contribution in [1.82, 2.24) is 79.4 Å². The number of carbonyl (C=O) groups excluding carboxylic acids is 17. The van der Waals surface area contributed by atoms with Gasteiger partial charge in [-0.05, 0) is 98.0 Å². The van der Waals surface area contributed by atoms with Gasteiger partial charge in [0.05, 0.1) is 57.8 Å². The molecule has 5 aromatic rings. The number of H-pyrrole nitrogens is 1. The van der Waals surface area contributed by atoms with Crippen molar-refractivity contribution in [2.45, 2.75) is 228 Å². The van der Waals surface area contributed by atoms with E-state index >= 15 is 9.59 Å². The van der Waals surface area contributed by atoms with Gasteiger partial charge in [0.1, 0.15) is 72.6 Å². The quantitative estimate of drug-likeness (QED) is 0.00791. The molecule has 2 aromatic heterocycles. The molecule has 0 saturated carbocycles. The highest BCUT2D eigenvalue weighted by molar-refractivity contribution is 7.17. The first-order valence-electron chi connectivity index (χ1n) is 41.9. The molecule has 3 aromatic carbocycles. The summed E-state index contributed by atoms with van der Waals surface area (Å²) in [6.07, 6.45) is -2.41. The molecular weight excluding hydrogens is 1730 g/mol. The van der Waals surface area contributed by atoms with Crippen molar-refractivity contribution >= 4 is 162 Å². The summed E-state index contributed by atoms with van der Waals surface area (Å²) < 4.78 is 6.74. The van der Waals surface area contributed by atoms with Gasteiger partial charge < -0.3 is 127 Å². The molecule has 3 heterocycles. The van der Waals surface area contributed by atoms with Gasteiger partial charge in [-0.15, -0.1) is 11.3 Å². The predicted molar refractivity (Wildman–Crippen MR) is 462 cm³/mol. The summed E-state index contributed by atoms with van der Waals surface area (Å²) in [4.78, 5) is 294. The van der Waals surface area contributed by atoms with Crippen LogP contribution in [0, 0.1) is 5.92 Å². The zero-order chi connectivity index (χ0) is 96.0. The number of carbonyl (C=O) groups is 21. The van der Waals surface area contributed by atoms with Crippen molar-refractivity contribution in [1.29, 1.82) is 0 Å². The maximum atomic E-state index is 15.0. The normalized spacial score (nSPS) is 20.3. The van der Waals surface area contributed by atoms with Gasteiger partial charge in [-0.3, -0.25) is 95.9 Å². The number of fused-ring (bicyclic) bond motifs is 2. The first-order valence-corrected chi connectivity index (χ1v) is 42.8. The van der Waals surface area contributed by atoms with Crippen LogP contribution < -0.4 is 91.6 Å². The number of carboxylic acid groups (broad SMARTS) is 4. The molecule has 0 aliphatic carbocycles. The molecule has 14 unspecified atom stereocenters. The summed E-state index contributed by atoms with van der Waals surface area (Å²) in [7, 11) is 0. The third-order valence-electron chi connectivity index (χ3n) is 20.8. The van der Waals surface area contributed by atoms with Crippen molar-refractivity contribution in [2.75, 3.05) is 32.0 Å². The Kier molecular flexibility index (Phi) is 42.1. The molecule has 15 amide bonds. The molecule has 130 heavy (non-hydrogen) atoms.